The molecule has 1 aliphatic carbocycles. The molecule has 2 heterocycles. The van der Waals surface area contributed by atoms with Crippen LogP contribution in [0.15, 0.2) is 65.5 Å². The first-order chi connectivity index (χ1) is 22.8. The molecule has 1 saturated carbocycles. The third-order valence-electron chi connectivity index (χ3n) is 9.37. The number of aromatic amines is 1. The number of rotatable bonds is 7. The van der Waals surface area contributed by atoms with Crippen LogP contribution in [0.2, 0.25) is 5.15 Å². The predicted octanol–water partition coefficient (Wildman–Crippen LogP) is 6.90. The van der Waals surface area contributed by atoms with Gasteiger partial charge in [0.2, 0.25) is 0 Å². The Bertz CT molecular complexity index is 2020. The number of amides is 1. The summed E-state index contributed by atoms with van der Waals surface area (Å²) in [6, 6.07) is 16.7. The minimum absolute atomic E-state index is 0.0238. The standard InChI is InChI=1S/C36H44ClN5O6S/c1-20-18-23(35(2,3)4)28(24(19-20)36(5,6)7)48-34(45)26-25(21-14-10-8-11-15-21)29(37)42-31(26)39-30(38)27(33(42)44)32(43)41-49(46,47)40-22-16-12-9-13-17-22/h8-17,20,23-24,28,39-40H,18-19,38H2,1-7H3,(H,41,43). The van der Waals surface area contributed by atoms with Gasteiger partial charge in [0.25, 0.3) is 11.5 Å². The first-order valence-electron chi connectivity index (χ1n) is 16.2. The monoisotopic (exact) mass is 709 g/mol. The van der Waals surface area contributed by atoms with Gasteiger partial charge in [0.05, 0.1) is 5.69 Å². The summed E-state index contributed by atoms with van der Waals surface area (Å²) in [6.07, 6.45) is 1.31. The van der Waals surface area contributed by atoms with Gasteiger partial charge >= 0.3 is 16.2 Å². The fourth-order valence-corrected chi connectivity index (χ4v) is 8.18. The molecule has 0 spiro atoms. The number of nitrogens with two attached hydrogens (primary N) is 1. The van der Waals surface area contributed by atoms with E-state index >= 15 is 0 Å². The summed E-state index contributed by atoms with van der Waals surface area (Å²) in [5, 5.41) is -0.175. The van der Waals surface area contributed by atoms with E-state index in [4.69, 9.17) is 22.1 Å². The average Bonchev–Trinajstić information content (AvgIpc) is 3.28. The molecule has 1 aliphatic rings. The van der Waals surface area contributed by atoms with Gasteiger partial charge in [0.15, 0.2) is 0 Å². The van der Waals surface area contributed by atoms with E-state index < -0.39 is 45.1 Å². The molecule has 2 aromatic heterocycles. The molecule has 13 heteroatoms. The first kappa shape index (κ1) is 36.0. The van der Waals surface area contributed by atoms with Crippen molar-refractivity contribution in [2.75, 3.05) is 10.5 Å². The van der Waals surface area contributed by atoms with E-state index in [2.05, 4.69) is 58.2 Å². The Morgan fingerprint density at radius 2 is 1.45 bits per heavy atom. The highest BCUT2D eigenvalue weighted by Gasteiger charge is 2.48. The third kappa shape index (κ3) is 7.35. The Balaban J connectivity index is 1.64. The quantitative estimate of drug-likeness (QED) is 0.152. The number of para-hydroxylation sites is 1. The molecular weight excluding hydrogens is 666 g/mol. The lowest BCUT2D eigenvalue weighted by atomic mass is 9.59. The molecule has 11 nitrogen and oxygen atoms in total. The van der Waals surface area contributed by atoms with Gasteiger partial charge < -0.3 is 15.5 Å². The number of ether oxygens (including phenoxy) is 1. The number of esters is 1. The minimum atomic E-state index is -4.47. The van der Waals surface area contributed by atoms with Crippen molar-refractivity contribution in [3.05, 3.63) is 87.3 Å². The van der Waals surface area contributed by atoms with Crippen LogP contribution in [-0.4, -0.2) is 35.8 Å². The summed E-state index contributed by atoms with van der Waals surface area (Å²) < 4.78 is 37.1. The minimum Gasteiger partial charge on any atom is -0.458 e. The van der Waals surface area contributed by atoms with Crippen LogP contribution in [-0.2, 0) is 14.9 Å². The third-order valence-corrected chi connectivity index (χ3v) is 10.7. The summed E-state index contributed by atoms with van der Waals surface area (Å²) in [7, 11) is -4.47. The first-order valence-corrected chi connectivity index (χ1v) is 18.1. The number of aromatic nitrogens is 2. The summed E-state index contributed by atoms with van der Waals surface area (Å²) in [6.45, 7) is 15.1. The highest BCUT2D eigenvalue weighted by molar-refractivity contribution is 7.91. The van der Waals surface area contributed by atoms with E-state index in [-0.39, 0.29) is 50.3 Å². The Morgan fingerprint density at radius 1 is 0.918 bits per heavy atom. The number of benzene rings is 2. The van der Waals surface area contributed by atoms with Crippen LogP contribution in [0.1, 0.15) is 82.0 Å². The van der Waals surface area contributed by atoms with E-state index in [9.17, 15) is 22.8 Å². The normalized spacial score (nSPS) is 20.2. The molecule has 5 N–H and O–H groups in total. The maximum absolute atomic E-state index is 14.5. The molecular formula is C36H44ClN5O6S. The number of anilines is 2. The average molecular weight is 710 g/mol. The molecule has 5 rings (SSSR count). The van der Waals surface area contributed by atoms with Crippen molar-refractivity contribution in [2.45, 2.75) is 67.4 Å². The second-order valence-electron chi connectivity index (χ2n) is 15.1. The molecule has 0 radical (unpaired) electrons. The van der Waals surface area contributed by atoms with E-state index in [1.165, 1.54) is 12.1 Å². The Hall–Kier alpha value is -4.29. The topological polar surface area (TPSA) is 165 Å². The SMILES string of the molecule is CC1CC(C(C)(C)C)C(OC(=O)c2c(-c3ccccc3)c(Cl)n3c(=O)c(C(=O)NS(=O)(=O)Nc4ccccc4)c(N)[nH]c23)C(C(C)(C)C)C1. The maximum atomic E-state index is 14.5. The number of carbonyl (C=O) groups excluding carboxylic acids is 2. The smallest absolute Gasteiger partial charge is 0.342 e. The number of nitrogens with zero attached hydrogens (tertiary/aromatic N) is 1. The lowest BCUT2D eigenvalue weighted by Crippen LogP contribution is -2.49. The highest BCUT2D eigenvalue weighted by Crippen LogP contribution is 2.50. The van der Waals surface area contributed by atoms with Gasteiger partial charge in [-0.15, -0.1) is 0 Å². The van der Waals surface area contributed by atoms with Crippen molar-refractivity contribution in [2.24, 2.45) is 28.6 Å². The van der Waals surface area contributed by atoms with Gasteiger partial charge in [-0.05, 0) is 47.3 Å². The fraction of sp³-hybridized carbons (Fsp3) is 0.417. The van der Waals surface area contributed by atoms with Gasteiger partial charge in [-0.3, -0.25) is 14.3 Å². The molecule has 4 aromatic rings. The molecule has 0 aliphatic heterocycles. The van der Waals surface area contributed by atoms with Crippen molar-refractivity contribution >= 4 is 50.8 Å². The number of carbonyl (C=O) groups is 2. The molecule has 2 aromatic carbocycles. The number of halogens is 1. The fourth-order valence-electron chi connectivity index (χ4n) is 6.97. The highest BCUT2D eigenvalue weighted by atomic mass is 35.5. The second-order valence-corrected chi connectivity index (χ2v) is 16.9. The Morgan fingerprint density at radius 3 is 1.98 bits per heavy atom. The van der Waals surface area contributed by atoms with E-state index in [1.807, 2.05) is 4.72 Å². The van der Waals surface area contributed by atoms with Crippen LogP contribution in [0.4, 0.5) is 11.5 Å². The molecule has 2 atom stereocenters. The number of hydrogen-bond donors (Lipinski definition) is 4. The molecule has 0 saturated heterocycles. The number of hydrogen-bond acceptors (Lipinski definition) is 7. The largest absolute Gasteiger partial charge is 0.458 e. The Kier molecular flexibility index (Phi) is 9.70. The number of H-pyrrole nitrogens is 1. The number of fused-ring (bicyclic) bond motifs is 1. The van der Waals surface area contributed by atoms with Crippen LogP contribution < -0.4 is 20.7 Å². The number of nitrogens with one attached hydrogen (secondary N) is 3. The van der Waals surface area contributed by atoms with Gasteiger partial charge in [-0.25, -0.2) is 13.9 Å². The molecule has 1 amide bonds. The van der Waals surface area contributed by atoms with Crippen LogP contribution >= 0.6 is 11.6 Å². The van der Waals surface area contributed by atoms with Crippen molar-refractivity contribution in [1.29, 1.82) is 0 Å². The summed E-state index contributed by atoms with van der Waals surface area (Å²) in [4.78, 5) is 44.7. The predicted molar refractivity (Wildman–Crippen MR) is 193 cm³/mol. The van der Waals surface area contributed by atoms with E-state index in [0.717, 1.165) is 17.2 Å². The van der Waals surface area contributed by atoms with Gasteiger partial charge in [0, 0.05) is 17.4 Å². The zero-order valence-electron chi connectivity index (χ0n) is 28.8. The van der Waals surface area contributed by atoms with Crippen molar-refractivity contribution in [3.8, 4) is 11.1 Å². The molecule has 262 valence electrons. The molecule has 0 bridgehead atoms. The van der Waals surface area contributed by atoms with Gasteiger partial charge in [0.1, 0.15) is 33.8 Å². The van der Waals surface area contributed by atoms with Gasteiger partial charge in [-0.1, -0.05) is 109 Å². The summed E-state index contributed by atoms with van der Waals surface area (Å²) >= 11 is 6.91. The van der Waals surface area contributed by atoms with Gasteiger partial charge in [-0.2, -0.15) is 8.42 Å². The van der Waals surface area contributed by atoms with Crippen LogP contribution in [0, 0.1) is 28.6 Å². The molecule has 1 fully saturated rings. The van der Waals surface area contributed by atoms with Crippen molar-refractivity contribution in [3.63, 3.8) is 0 Å². The summed E-state index contributed by atoms with van der Waals surface area (Å²) in [5.74, 6) is -1.94. The van der Waals surface area contributed by atoms with Crippen LogP contribution in [0.25, 0.3) is 16.8 Å². The van der Waals surface area contributed by atoms with Crippen LogP contribution in [0.3, 0.4) is 0 Å². The molecule has 49 heavy (non-hydrogen) atoms. The van der Waals surface area contributed by atoms with E-state index in [0.29, 0.717) is 11.5 Å². The second kappa shape index (κ2) is 13.2. The van der Waals surface area contributed by atoms with E-state index in [1.54, 1.807) is 48.5 Å². The lowest BCUT2D eigenvalue weighted by molar-refractivity contribution is -0.0922. The van der Waals surface area contributed by atoms with Crippen LogP contribution in [0.5, 0.6) is 0 Å². The zero-order chi connectivity index (χ0) is 36.1. The molecule has 2 unspecified atom stereocenters. The number of nitrogen functional groups attached to an aromatic ring is 1. The zero-order valence-corrected chi connectivity index (χ0v) is 30.3. The summed E-state index contributed by atoms with van der Waals surface area (Å²) in [5.41, 5.74) is 4.98. The Labute approximate surface area is 291 Å². The van der Waals surface area contributed by atoms with Crippen molar-refractivity contribution in [1.82, 2.24) is 14.1 Å². The van der Waals surface area contributed by atoms with Crippen molar-refractivity contribution < 1.29 is 22.7 Å². The maximum Gasteiger partial charge on any atom is 0.342 e. The lowest BCUT2D eigenvalue weighted by Gasteiger charge is -2.50.